The van der Waals surface area contributed by atoms with E-state index in [4.69, 9.17) is 11.6 Å². The lowest BCUT2D eigenvalue weighted by atomic mass is 10.2. The molecule has 0 bridgehead atoms. The zero-order chi connectivity index (χ0) is 17.5. The molecule has 0 saturated carbocycles. The van der Waals surface area contributed by atoms with Gasteiger partial charge in [0.2, 0.25) is 0 Å². The summed E-state index contributed by atoms with van der Waals surface area (Å²) in [6.45, 7) is 5.77. The van der Waals surface area contributed by atoms with E-state index in [9.17, 15) is 4.79 Å². The Kier molecular flexibility index (Phi) is 6.30. The molecular weight excluding hydrogens is 338 g/mol. The Morgan fingerprint density at radius 2 is 1.92 bits per heavy atom. The van der Waals surface area contributed by atoms with E-state index in [1.807, 2.05) is 27.8 Å². The second kappa shape index (κ2) is 8.87. The SMILES string of the molecule is O=C(NCCCn1ccnc1)N1CCN(Cc2ccc(Cl)cc2)CC1. The number of benzene rings is 1. The first-order valence-corrected chi connectivity index (χ1v) is 9.04. The first-order chi connectivity index (χ1) is 12.2. The predicted molar refractivity (Wildman–Crippen MR) is 98.5 cm³/mol. The van der Waals surface area contributed by atoms with Crippen molar-refractivity contribution in [1.29, 1.82) is 0 Å². The lowest BCUT2D eigenvalue weighted by Gasteiger charge is -2.34. The summed E-state index contributed by atoms with van der Waals surface area (Å²) in [5.41, 5.74) is 1.25. The van der Waals surface area contributed by atoms with Crippen molar-refractivity contribution < 1.29 is 4.79 Å². The van der Waals surface area contributed by atoms with E-state index in [2.05, 4.69) is 27.3 Å². The fourth-order valence-corrected chi connectivity index (χ4v) is 3.07. The molecule has 1 fully saturated rings. The maximum absolute atomic E-state index is 12.2. The fraction of sp³-hybridized carbons (Fsp3) is 0.444. The van der Waals surface area contributed by atoms with Crippen molar-refractivity contribution in [3.05, 3.63) is 53.6 Å². The molecule has 1 aromatic heterocycles. The van der Waals surface area contributed by atoms with Crippen LogP contribution in [0.25, 0.3) is 0 Å². The van der Waals surface area contributed by atoms with Crippen LogP contribution in [0.15, 0.2) is 43.0 Å². The van der Waals surface area contributed by atoms with Gasteiger partial charge < -0.3 is 14.8 Å². The van der Waals surface area contributed by atoms with Crippen LogP contribution < -0.4 is 5.32 Å². The number of carbonyl (C=O) groups is 1. The standard InChI is InChI=1S/C18H24ClN5O/c19-17-4-2-16(3-5-17)14-22-10-12-24(13-11-22)18(25)21-6-1-8-23-9-7-20-15-23/h2-5,7,9,15H,1,6,8,10-14H2,(H,21,25). The molecule has 1 saturated heterocycles. The van der Waals surface area contributed by atoms with Crippen molar-refractivity contribution in [3.63, 3.8) is 0 Å². The molecule has 7 heteroatoms. The van der Waals surface area contributed by atoms with Crippen molar-refractivity contribution in [2.24, 2.45) is 0 Å². The van der Waals surface area contributed by atoms with E-state index in [0.717, 1.165) is 50.7 Å². The van der Waals surface area contributed by atoms with Crippen LogP contribution in [0.4, 0.5) is 4.79 Å². The van der Waals surface area contributed by atoms with Crippen LogP contribution in [0.2, 0.25) is 5.02 Å². The number of aryl methyl sites for hydroxylation is 1. The largest absolute Gasteiger partial charge is 0.338 e. The van der Waals surface area contributed by atoms with Crippen LogP contribution in [0, 0.1) is 0 Å². The van der Waals surface area contributed by atoms with Gasteiger partial charge in [-0.15, -0.1) is 0 Å². The minimum absolute atomic E-state index is 0.0387. The average Bonchev–Trinajstić information content (AvgIpc) is 3.15. The molecule has 2 aromatic rings. The lowest BCUT2D eigenvalue weighted by Crippen LogP contribution is -2.51. The average molecular weight is 362 g/mol. The van der Waals surface area contributed by atoms with Crippen LogP contribution in [0.3, 0.4) is 0 Å². The van der Waals surface area contributed by atoms with Gasteiger partial charge in [-0.2, -0.15) is 0 Å². The summed E-state index contributed by atoms with van der Waals surface area (Å²) in [5.74, 6) is 0. The molecule has 6 nitrogen and oxygen atoms in total. The molecule has 3 rings (SSSR count). The van der Waals surface area contributed by atoms with Crippen molar-refractivity contribution in [2.75, 3.05) is 32.7 Å². The van der Waals surface area contributed by atoms with Gasteiger partial charge >= 0.3 is 6.03 Å². The number of amides is 2. The first-order valence-electron chi connectivity index (χ1n) is 8.66. The topological polar surface area (TPSA) is 53.4 Å². The number of imidazole rings is 1. The van der Waals surface area contributed by atoms with Crippen LogP contribution in [-0.2, 0) is 13.1 Å². The summed E-state index contributed by atoms with van der Waals surface area (Å²) in [4.78, 5) is 20.5. The lowest BCUT2D eigenvalue weighted by molar-refractivity contribution is 0.135. The molecule has 134 valence electrons. The van der Waals surface area contributed by atoms with E-state index in [0.29, 0.717) is 6.54 Å². The maximum atomic E-state index is 12.2. The van der Waals surface area contributed by atoms with Gasteiger partial charge in [-0.3, -0.25) is 4.90 Å². The van der Waals surface area contributed by atoms with Crippen molar-refractivity contribution in [2.45, 2.75) is 19.5 Å². The molecule has 0 atom stereocenters. The fourth-order valence-electron chi connectivity index (χ4n) is 2.94. The quantitative estimate of drug-likeness (QED) is 0.804. The predicted octanol–water partition coefficient (Wildman–Crippen LogP) is 2.45. The normalized spacial score (nSPS) is 15.3. The summed E-state index contributed by atoms with van der Waals surface area (Å²) in [7, 11) is 0. The number of urea groups is 1. The van der Waals surface area contributed by atoms with Gasteiger partial charge in [0.1, 0.15) is 0 Å². The summed E-state index contributed by atoms with van der Waals surface area (Å²) < 4.78 is 2.02. The Morgan fingerprint density at radius 1 is 1.16 bits per heavy atom. The number of carbonyl (C=O) groups excluding carboxylic acids is 1. The van der Waals surface area contributed by atoms with E-state index in [-0.39, 0.29) is 6.03 Å². The van der Waals surface area contributed by atoms with Gasteiger partial charge in [0.15, 0.2) is 0 Å². The Bertz CT molecular complexity index is 651. The van der Waals surface area contributed by atoms with E-state index < -0.39 is 0 Å². The smallest absolute Gasteiger partial charge is 0.317 e. The minimum Gasteiger partial charge on any atom is -0.338 e. The molecule has 1 aliphatic heterocycles. The Balaban J connectivity index is 1.33. The van der Waals surface area contributed by atoms with Gasteiger partial charge in [-0.1, -0.05) is 23.7 Å². The number of nitrogens with one attached hydrogen (secondary N) is 1. The number of hydrogen-bond donors (Lipinski definition) is 1. The van der Waals surface area contributed by atoms with E-state index in [1.165, 1.54) is 5.56 Å². The molecule has 0 radical (unpaired) electrons. The summed E-state index contributed by atoms with van der Waals surface area (Å²) >= 11 is 5.92. The first kappa shape index (κ1) is 17.8. The van der Waals surface area contributed by atoms with Gasteiger partial charge in [-0.05, 0) is 24.1 Å². The number of halogens is 1. The highest BCUT2D eigenvalue weighted by Gasteiger charge is 2.20. The number of piperazine rings is 1. The van der Waals surface area contributed by atoms with Gasteiger partial charge in [0.25, 0.3) is 0 Å². The second-order valence-corrected chi connectivity index (χ2v) is 6.71. The molecule has 1 aromatic carbocycles. The van der Waals surface area contributed by atoms with Gasteiger partial charge in [-0.25, -0.2) is 9.78 Å². The molecule has 0 spiro atoms. The van der Waals surface area contributed by atoms with Crippen molar-refractivity contribution in [1.82, 2.24) is 24.7 Å². The van der Waals surface area contributed by atoms with Crippen LogP contribution in [-0.4, -0.2) is 58.1 Å². The third-order valence-electron chi connectivity index (χ3n) is 4.41. The zero-order valence-corrected chi connectivity index (χ0v) is 15.0. The number of nitrogens with zero attached hydrogens (tertiary/aromatic N) is 4. The summed E-state index contributed by atoms with van der Waals surface area (Å²) in [5, 5.41) is 3.77. The van der Waals surface area contributed by atoms with Crippen molar-refractivity contribution >= 4 is 17.6 Å². The second-order valence-electron chi connectivity index (χ2n) is 6.28. The summed E-state index contributed by atoms with van der Waals surface area (Å²) in [6, 6.07) is 8.00. The highest BCUT2D eigenvalue weighted by molar-refractivity contribution is 6.30. The third kappa shape index (κ3) is 5.47. The molecule has 0 unspecified atom stereocenters. The number of aromatic nitrogens is 2. The van der Waals surface area contributed by atoms with E-state index in [1.54, 1.807) is 12.5 Å². The summed E-state index contributed by atoms with van der Waals surface area (Å²) in [6.07, 6.45) is 6.39. The Labute approximate surface area is 153 Å². The molecule has 1 N–H and O–H groups in total. The monoisotopic (exact) mass is 361 g/mol. The Morgan fingerprint density at radius 3 is 2.60 bits per heavy atom. The van der Waals surface area contributed by atoms with Crippen LogP contribution in [0.1, 0.15) is 12.0 Å². The maximum Gasteiger partial charge on any atom is 0.317 e. The molecule has 25 heavy (non-hydrogen) atoms. The molecule has 2 heterocycles. The molecule has 2 amide bonds. The van der Waals surface area contributed by atoms with Crippen LogP contribution in [0.5, 0.6) is 0 Å². The van der Waals surface area contributed by atoms with Gasteiger partial charge in [0.05, 0.1) is 6.33 Å². The van der Waals surface area contributed by atoms with Gasteiger partial charge in [0, 0.05) is 63.2 Å². The van der Waals surface area contributed by atoms with E-state index >= 15 is 0 Å². The number of rotatable bonds is 6. The molecule has 0 aliphatic carbocycles. The minimum atomic E-state index is 0.0387. The molecular formula is C18H24ClN5O. The Hall–Kier alpha value is -2.05. The highest BCUT2D eigenvalue weighted by atomic mass is 35.5. The molecule has 1 aliphatic rings. The van der Waals surface area contributed by atoms with Crippen molar-refractivity contribution in [3.8, 4) is 0 Å². The van der Waals surface area contributed by atoms with Crippen LogP contribution >= 0.6 is 11.6 Å². The highest BCUT2D eigenvalue weighted by Crippen LogP contribution is 2.13. The number of hydrogen-bond acceptors (Lipinski definition) is 3. The third-order valence-corrected chi connectivity index (χ3v) is 4.66. The zero-order valence-electron chi connectivity index (χ0n) is 14.3.